The molecule has 0 spiro atoms. The van der Waals surface area contributed by atoms with E-state index in [1.807, 2.05) is 0 Å². The first-order valence-electron chi connectivity index (χ1n) is 6.68. The summed E-state index contributed by atoms with van der Waals surface area (Å²) >= 11 is 0. The summed E-state index contributed by atoms with van der Waals surface area (Å²) in [4.78, 5) is 23.6. The van der Waals surface area contributed by atoms with E-state index >= 15 is 0 Å². The first-order chi connectivity index (χ1) is 11.1. The van der Waals surface area contributed by atoms with E-state index in [0.29, 0.717) is 24.3 Å². The van der Waals surface area contributed by atoms with Gasteiger partial charge in [0.25, 0.3) is 5.82 Å². The molecule has 2 aromatic rings. The largest absolute Gasteiger partial charge is 0.475 e. The number of amides is 1. The molecule has 3 N–H and O–H groups in total. The number of hydrogen-bond acceptors (Lipinski definition) is 6. The fourth-order valence-corrected chi connectivity index (χ4v) is 1.71. The van der Waals surface area contributed by atoms with Crippen molar-refractivity contribution in [2.45, 2.75) is 6.42 Å². The first kappa shape index (κ1) is 16.0. The standard InChI is InChI=1S/C14H14N6O3/c1-2-3-8-15-12(21)9-16-10-6-4-5-7-11(10)20-18-13(14(22)23)17-19-20/h1,4-7,16H,3,8-9H2,(H,15,21)(H,22,23). The minimum Gasteiger partial charge on any atom is -0.475 e. The van der Waals surface area contributed by atoms with Crippen molar-refractivity contribution in [3.8, 4) is 18.0 Å². The number of terminal acetylenes is 1. The molecular formula is C14H14N6O3. The fourth-order valence-electron chi connectivity index (χ4n) is 1.71. The Kier molecular flexibility index (Phi) is 5.25. The fraction of sp³-hybridized carbons (Fsp3) is 0.214. The van der Waals surface area contributed by atoms with Crippen molar-refractivity contribution < 1.29 is 14.7 Å². The lowest BCUT2D eigenvalue weighted by Crippen LogP contribution is -2.30. The topological polar surface area (TPSA) is 122 Å². The van der Waals surface area contributed by atoms with E-state index in [0.717, 1.165) is 4.80 Å². The lowest BCUT2D eigenvalue weighted by Gasteiger charge is -2.10. The van der Waals surface area contributed by atoms with E-state index < -0.39 is 11.8 Å². The average Bonchev–Trinajstić information content (AvgIpc) is 3.03. The van der Waals surface area contributed by atoms with Crippen LogP contribution < -0.4 is 10.6 Å². The summed E-state index contributed by atoms with van der Waals surface area (Å²) in [6.07, 6.45) is 5.57. The number of nitrogens with zero attached hydrogens (tertiary/aromatic N) is 4. The average molecular weight is 314 g/mol. The maximum Gasteiger partial charge on any atom is 0.377 e. The van der Waals surface area contributed by atoms with Gasteiger partial charge in [-0.3, -0.25) is 4.79 Å². The summed E-state index contributed by atoms with van der Waals surface area (Å²) in [5.74, 6) is 0.535. The number of hydrogen-bond donors (Lipinski definition) is 3. The van der Waals surface area contributed by atoms with Gasteiger partial charge in [0.2, 0.25) is 5.91 Å². The number of aromatic nitrogens is 4. The van der Waals surface area contributed by atoms with Gasteiger partial charge in [0, 0.05) is 13.0 Å². The Bertz CT molecular complexity index is 749. The maximum atomic E-state index is 11.7. The van der Waals surface area contributed by atoms with Crippen molar-refractivity contribution in [3.63, 3.8) is 0 Å². The number of benzene rings is 1. The molecule has 0 bridgehead atoms. The van der Waals surface area contributed by atoms with E-state index in [9.17, 15) is 9.59 Å². The highest BCUT2D eigenvalue weighted by molar-refractivity contribution is 5.83. The minimum atomic E-state index is -1.27. The van der Waals surface area contributed by atoms with Crippen molar-refractivity contribution in [1.82, 2.24) is 25.5 Å². The Labute approximate surface area is 131 Å². The SMILES string of the molecule is C#CCCNC(=O)CNc1ccccc1-n1nnc(C(=O)O)n1. The maximum absolute atomic E-state index is 11.7. The van der Waals surface area contributed by atoms with E-state index in [1.165, 1.54) is 0 Å². The number of carboxylic acid groups (broad SMARTS) is 1. The molecule has 0 aliphatic carbocycles. The molecule has 1 heterocycles. The highest BCUT2D eigenvalue weighted by Gasteiger charge is 2.13. The van der Waals surface area contributed by atoms with Gasteiger partial charge in [0.15, 0.2) is 0 Å². The molecule has 0 aliphatic heterocycles. The number of carboxylic acids is 1. The van der Waals surface area contributed by atoms with Crippen LogP contribution in [0.5, 0.6) is 0 Å². The molecule has 0 radical (unpaired) electrons. The molecular weight excluding hydrogens is 300 g/mol. The van der Waals surface area contributed by atoms with Crippen LogP contribution in [0.3, 0.4) is 0 Å². The lowest BCUT2D eigenvalue weighted by molar-refractivity contribution is -0.119. The Morgan fingerprint density at radius 2 is 2.13 bits per heavy atom. The Morgan fingerprint density at radius 1 is 1.35 bits per heavy atom. The predicted molar refractivity (Wildman–Crippen MR) is 81.1 cm³/mol. The zero-order chi connectivity index (χ0) is 16.7. The molecule has 0 saturated carbocycles. The summed E-state index contributed by atoms with van der Waals surface area (Å²) in [6, 6.07) is 6.88. The second-order valence-electron chi connectivity index (χ2n) is 4.38. The van der Waals surface area contributed by atoms with E-state index in [2.05, 4.69) is 32.0 Å². The van der Waals surface area contributed by atoms with Gasteiger partial charge < -0.3 is 15.7 Å². The molecule has 0 saturated heterocycles. The molecule has 1 aromatic carbocycles. The summed E-state index contributed by atoms with van der Waals surface area (Å²) < 4.78 is 0. The molecule has 0 fully saturated rings. The molecule has 0 atom stereocenters. The predicted octanol–water partition coefficient (Wildman–Crippen LogP) is -0.0881. The van der Waals surface area contributed by atoms with Crippen molar-refractivity contribution in [2.75, 3.05) is 18.4 Å². The molecule has 2 rings (SSSR count). The smallest absolute Gasteiger partial charge is 0.377 e. The highest BCUT2D eigenvalue weighted by Crippen LogP contribution is 2.17. The van der Waals surface area contributed by atoms with E-state index in [4.69, 9.17) is 11.5 Å². The van der Waals surface area contributed by atoms with Crippen LogP contribution in [0.15, 0.2) is 24.3 Å². The molecule has 0 unspecified atom stereocenters. The second-order valence-corrected chi connectivity index (χ2v) is 4.38. The van der Waals surface area contributed by atoms with Gasteiger partial charge in [0.1, 0.15) is 5.69 Å². The van der Waals surface area contributed by atoms with Crippen molar-refractivity contribution in [2.24, 2.45) is 0 Å². The molecule has 0 aliphatic rings. The van der Waals surface area contributed by atoms with Crippen LogP contribution in [0.1, 0.15) is 17.0 Å². The Balaban J connectivity index is 2.07. The number of tetrazole rings is 1. The van der Waals surface area contributed by atoms with E-state index in [1.54, 1.807) is 24.3 Å². The van der Waals surface area contributed by atoms with Crippen LogP contribution in [-0.4, -0.2) is 50.3 Å². The number of rotatable bonds is 7. The minimum absolute atomic E-state index is 0.0298. The third-order valence-corrected chi connectivity index (χ3v) is 2.76. The summed E-state index contributed by atoms with van der Waals surface area (Å²) in [6.45, 7) is 0.438. The van der Waals surface area contributed by atoms with Crippen LogP contribution in [0.2, 0.25) is 0 Å². The van der Waals surface area contributed by atoms with Gasteiger partial charge in [-0.15, -0.1) is 27.3 Å². The summed E-state index contributed by atoms with van der Waals surface area (Å²) in [7, 11) is 0. The summed E-state index contributed by atoms with van der Waals surface area (Å²) in [5.41, 5.74) is 1.04. The third-order valence-electron chi connectivity index (χ3n) is 2.76. The van der Waals surface area contributed by atoms with Gasteiger partial charge in [0.05, 0.1) is 12.2 Å². The molecule has 9 heteroatoms. The number of nitrogens with one attached hydrogen (secondary N) is 2. The number of para-hydroxylation sites is 2. The van der Waals surface area contributed by atoms with Gasteiger partial charge in [-0.1, -0.05) is 12.1 Å². The van der Waals surface area contributed by atoms with Gasteiger partial charge in [-0.25, -0.2) is 4.79 Å². The molecule has 1 amide bonds. The van der Waals surface area contributed by atoms with Crippen LogP contribution >= 0.6 is 0 Å². The van der Waals surface area contributed by atoms with Gasteiger partial charge >= 0.3 is 5.97 Å². The van der Waals surface area contributed by atoms with Crippen LogP contribution in [0.4, 0.5) is 5.69 Å². The molecule has 1 aromatic heterocycles. The van der Waals surface area contributed by atoms with Gasteiger partial charge in [-0.05, 0) is 17.3 Å². The van der Waals surface area contributed by atoms with Crippen molar-refractivity contribution >= 4 is 17.6 Å². The lowest BCUT2D eigenvalue weighted by atomic mass is 10.2. The van der Waals surface area contributed by atoms with Crippen LogP contribution in [0.25, 0.3) is 5.69 Å². The second kappa shape index (κ2) is 7.56. The zero-order valence-corrected chi connectivity index (χ0v) is 12.1. The van der Waals surface area contributed by atoms with Crippen LogP contribution in [0, 0.1) is 12.3 Å². The van der Waals surface area contributed by atoms with Gasteiger partial charge in [-0.2, -0.15) is 0 Å². The molecule has 9 nitrogen and oxygen atoms in total. The molecule has 23 heavy (non-hydrogen) atoms. The third kappa shape index (κ3) is 4.28. The zero-order valence-electron chi connectivity index (χ0n) is 12.1. The molecule has 118 valence electrons. The van der Waals surface area contributed by atoms with Crippen molar-refractivity contribution in [3.05, 3.63) is 30.1 Å². The quantitative estimate of drug-likeness (QED) is 0.482. The van der Waals surface area contributed by atoms with Crippen molar-refractivity contribution in [1.29, 1.82) is 0 Å². The summed E-state index contributed by atoms with van der Waals surface area (Å²) in [5, 5.41) is 25.3. The van der Waals surface area contributed by atoms with Crippen LogP contribution in [-0.2, 0) is 4.79 Å². The Hall–Kier alpha value is -3.41. The number of carbonyl (C=O) groups excluding carboxylic acids is 1. The monoisotopic (exact) mass is 314 g/mol. The Morgan fingerprint density at radius 3 is 2.83 bits per heavy atom. The first-order valence-corrected chi connectivity index (χ1v) is 6.68. The normalized spacial score (nSPS) is 9.87. The highest BCUT2D eigenvalue weighted by atomic mass is 16.4. The number of anilines is 1. The van der Waals surface area contributed by atoms with E-state index in [-0.39, 0.29) is 12.5 Å². The number of carbonyl (C=O) groups is 2. The number of aromatic carboxylic acids is 1.